The normalized spacial score (nSPS) is 29.6. The molecule has 102 valence electrons. The summed E-state index contributed by atoms with van der Waals surface area (Å²) in [6.45, 7) is 0.621. The van der Waals surface area contributed by atoms with Gasteiger partial charge in [-0.05, 0) is 38.4 Å². The van der Waals surface area contributed by atoms with Crippen molar-refractivity contribution in [3.05, 3.63) is 23.8 Å². The molecule has 3 atom stereocenters. The summed E-state index contributed by atoms with van der Waals surface area (Å²) < 4.78 is 5.78. The van der Waals surface area contributed by atoms with Crippen LogP contribution in [0.15, 0.2) is 18.2 Å². The van der Waals surface area contributed by atoms with E-state index >= 15 is 0 Å². The lowest BCUT2D eigenvalue weighted by Crippen LogP contribution is -2.28. The third-order valence-electron chi connectivity index (χ3n) is 4.63. The van der Waals surface area contributed by atoms with Crippen LogP contribution in [0.3, 0.4) is 0 Å². The molecule has 0 aliphatic carbocycles. The number of benzene rings is 1. The van der Waals surface area contributed by atoms with Gasteiger partial charge in [-0.1, -0.05) is 6.07 Å². The topological polar surface area (TPSA) is 49.8 Å². The molecule has 2 fully saturated rings. The Morgan fingerprint density at radius 1 is 1.47 bits per heavy atom. The van der Waals surface area contributed by atoms with Crippen LogP contribution in [-0.2, 0) is 0 Å². The van der Waals surface area contributed by atoms with Gasteiger partial charge in [0.05, 0.1) is 12.2 Å². The second-order valence-corrected chi connectivity index (χ2v) is 5.58. The Morgan fingerprint density at radius 2 is 2.32 bits per heavy atom. The average Bonchev–Trinajstić information content (AvgIpc) is 2.92. The molecule has 2 saturated heterocycles. The van der Waals surface area contributed by atoms with Gasteiger partial charge in [0.15, 0.2) is 6.29 Å². The van der Waals surface area contributed by atoms with Gasteiger partial charge in [-0.2, -0.15) is 0 Å². The van der Waals surface area contributed by atoms with E-state index < -0.39 is 0 Å². The van der Waals surface area contributed by atoms with Gasteiger partial charge >= 0.3 is 0 Å². The first-order valence-corrected chi connectivity index (χ1v) is 6.82. The van der Waals surface area contributed by atoms with Gasteiger partial charge in [0, 0.05) is 18.0 Å². The Hall–Kier alpha value is -1.55. The predicted molar refractivity (Wildman–Crippen MR) is 71.7 cm³/mol. The smallest absolute Gasteiger partial charge is 0.157 e. The van der Waals surface area contributed by atoms with Crippen molar-refractivity contribution in [2.24, 2.45) is 5.92 Å². The monoisotopic (exact) mass is 261 g/mol. The number of carbonyl (C=O) groups excluding carboxylic acids is 1. The van der Waals surface area contributed by atoms with E-state index in [9.17, 15) is 9.90 Å². The van der Waals surface area contributed by atoms with Crippen molar-refractivity contribution in [3.8, 4) is 11.5 Å². The number of aromatic hydroxyl groups is 1. The maximum Gasteiger partial charge on any atom is 0.157 e. The number of carbonyl (C=O) groups is 1. The Morgan fingerprint density at radius 3 is 2.95 bits per heavy atom. The van der Waals surface area contributed by atoms with Crippen molar-refractivity contribution in [1.82, 2.24) is 4.90 Å². The number of ether oxygens (including phenoxy) is 1. The fraction of sp³-hybridized carbons (Fsp3) is 0.533. The molecule has 4 heteroatoms. The number of phenols is 1. The maximum absolute atomic E-state index is 11.0. The average molecular weight is 261 g/mol. The van der Waals surface area contributed by atoms with Gasteiger partial charge in [0.25, 0.3) is 0 Å². The first-order chi connectivity index (χ1) is 9.20. The molecule has 0 aromatic heterocycles. The summed E-state index contributed by atoms with van der Waals surface area (Å²) in [4.78, 5) is 13.4. The highest BCUT2D eigenvalue weighted by Gasteiger charge is 2.44. The summed E-state index contributed by atoms with van der Waals surface area (Å²) in [7, 11) is 2.19. The van der Waals surface area contributed by atoms with E-state index in [0.29, 0.717) is 36.6 Å². The molecule has 2 heterocycles. The molecule has 0 radical (unpaired) electrons. The number of hydrogen-bond acceptors (Lipinski definition) is 4. The Balaban J connectivity index is 1.67. The molecule has 1 aromatic carbocycles. The van der Waals surface area contributed by atoms with Gasteiger partial charge in [0.1, 0.15) is 11.5 Å². The summed E-state index contributed by atoms with van der Waals surface area (Å²) in [6, 6.07) is 6.25. The van der Waals surface area contributed by atoms with Gasteiger partial charge < -0.3 is 14.7 Å². The third-order valence-corrected chi connectivity index (χ3v) is 4.63. The Bertz CT molecular complexity index is 488. The van der Waals surface area contributed by atoms with E-state index in [1.807, 2.05) is 0 Å². The zero-order chi connectivity index (χ0) is 13.4. The first-order valence-electron chi connectivity index (χ1n) is 6.82. The van der Waals surface area contributed by atoms with Crippen molar-refractivity contribution in [2.45, 2.75) is 31.3 Å². The molecule has 4 nitrogen and oxygen atoms in total. The lowest BCUT2D eigenvalue weighted by atomic mass is 9.90. The molecular weight excluding hydrogens is 242 g/mol. The van der Waals surface area contributed by atoms with Crippen molar-refractivity contribution in [1.29, 1.82) is 0 Å². The fourth-order valence-electron chi connectivity index (χ4n) is 3.55. The molecule has 3 rings (SSSR count). The van der Waals surface area contributed by atoms with Crippen LogP contribution in [0.5, 0.6) is 11.5 Å². The Kier molecular flexibility index (Phi) is 3.19. The third kappa shape index (κ3) is 2.10. The van der Waals surface area contributed by atoms with Crippen LogP contribution in [0, 0.1) is 5.92 Å². The minimum absolute atomic E-state index is 0.0161. The molecule has 0 spiro atoms. The standard InChI is InChI=1S/C15H19NO3/c1-16-11-5-6-13(16)10(7-11)9-19-15-4-2-3-14(18)12(15)8-17/h2-4,8,10-11,13,18H,5-7,9H2,1H3/t10-,11-,13+/m1/s1. The highest BCUT2D eigenvalue weighted by molar-refractivity contribution is 5.83. The van der Waals surface area contributed by atoms with E-state index in [0.717, 1.165) is 0 Å². The number of rotatable bonds is 4. The van der Waals surface area contributed by atoms with Gasteiger partial charge in [0.2, 0.25) is 0 Å². The number of nitrogens with zero attached hydrogens (tertiary/aromatic N) is 1. The quantitative estimate of drug-likeness (QED) is 0.843. The van der Waals surface area contributed by atoms with E-state index in [1.165, 1.54) is 25.3 Å². The second-order valence-electron chi connectivity index (χ2n) is 5.58. The van der Waals surface area contributed by atoms with Gasteiger partial charge in [-0.3, -0.25) is 4.79 Å². The number of phenolic OH excluding ortho intramolecular Hbond substituents is 1. The largest absolute Gasteiger partial charge is 0.507 e. The molecule has 0 amide bonds. The molecule has 0 unspecified atom stereocenters. The van der Waals surface area contributed by atoms with Crippen LogP contribution in [0.4, 0.5) is 0 Å². The first kappa shape index (κ1) is 12.5. The maximum atomic E-state index is 11.0. The van der Waals surface area contributed by atoms with E-state index in [-0.39, 0.29) is 11.3 Å². The number of fused-ring (bicyclic) bond motifs is 2. The summed E-state index contributed by atoms with van der Waals surface area (Å²) in [6.07, 6.45) is 4.37. The van der Waals surface area contributed by atoms with E-state index in [2.05, 4.69) is 11.9 Å². The number of hydrogen-bond donors (Lipinski definition) is 1. The van der Waals surface area contributed by atoms with Crippen molar-refractivity contribution >= 4 is 6.29 Å². The molecule has 2 aliphatic rings. The zero-order valence-corrected chi connectivity index (χ0v) is 11.1. The van der Waals surface area contributed by atoms with Gasteiger partial charge in [-0.25, -0.2) is 0 Å². The molecule has 19 heavy (non-hydrogen) atoms. The van der Waals surface area contributed by atoms with Gasteiger partial charge in [-0.15, -0.1) is 0 Å². The number of aldehydes is 1. The molecule has 1 N–H and O–H groups in total. The van der Waals surface area contributed by atoms with Crippen LogP contribution in [0.2, 0.25) is 0 Å². The molecule has 1 aromatic rings. The lowest BCUT2D eigenvalue weighted by molar-refractivity contribution is 0.111. The van der Waals surface area contributed by atoms with Crippen LogP contribution < -0.4 is 4.74 Å². The summed E-state index contributed by atoms with van der Waals surface area (Å²) in [5, 5.41) is 9.61. The van der Waals surface area contributed by atoms with Crippen LogP contribution in [0.25, 0.3) is 0 Å². The molecule has 2 aliphatic heterocycles. The minimum atomic E-state index is -0.0161. The predicted octanol–water partition coefficient (Wildman–Crippen LogP) is 2.07. The highest BCUT2D eigenvalue weighted by Crippen LogP contribution is 2.40. The molecular formula is C15H19NO3. The lowest BCUT2D eigenvalue weighted by Gasteiger charge is -2.22. The Labute approximate surface area is 113 Å². The van der Waals surface area contributed by atoms with Crippen LogP contribution >= 0.6 is 0 Å². The highest BCUT2D eigenvalue weighted by atomic mass is 16.5. The van der Waals surface area contributed by atoms with Crippen molar-refractivity contribution in [3.63, 3.8) is 0 Å². The van der Waals surface area contributed by atoms with E-state index in [1.54, 1.807) is 12.1 Å². The van der Waals surface area contributed by atoms with Crippen LogP contribution in [-0.4, -0.2) is 42.0 Å². The second kappa shape index (κ2) is 4.85. The summed E-state index contributed by atoms with van der Waals surface area (Å²) in [5.74, 6) is 1.00. The summed E-state index contributed by atoms with van der Waals surface area (Å²) in [5.41, 5.74) is 0.249. The summed E-state index contributed by atoms with van der Waals surface area (Å²) >= 11 is 0. The SMILES string of the molecule is CN1[C@@H]2CC[C@H]1[C@@H](COc1cccc(O)c1C=O)C2. The zero-order valence-electron chi connectivity index (χ0n) is 11.1. The molecule has 2 bridgehead atoms. The minimum Gasteiger partial charge on any atom is -0.507 e. The molecule has 0 saturated carbocycles. The van der Waals surface area contributed by atoms with Crippen LogP contribution in [0.1, 0.15) is 29.6 Å². The van der Waals surface area contributed by atoms with E-state index in [4.69, 9.17) is 4.74 Å². The van der Waals surface area contributed by atoms with Crippen molar-refractivity contribution < 1.29 is 14.6 Å². The van der Waals surface area contributed by atoms with Crippen molar-refractivity contribution in [2.75, 3.05) is 13.7 Å². The fourth-order valence-corrected chi connectivity index (χ4v) is 3.55.